The number of nitrogens with zero attached hydrogens (tertiary/aromatic N) is 3. The third-order valence-corrected chi connectivity index (χ3v) is 3.86. The van der Waals surface area contributed by atoms with Gasteiger partial charge in [0.1, 0.15) is 29.9 Å². The minimum Gasteiger partial charge on any atom is -0.489 e. The number of H-pyrrole nitrogens is 1. The summed E-state index contributed by atoms with van der Waals surface area (Å²) in [6.07, 6.45) is -9.99. The van der Waals surface area contributed by atoms with Crippen LogP contribution in [-0.2, 0) is 19.0 Å². The van der Waals surface area contributed by atoms with Gasteiger partial charge in [-0.3, -0.25) is 0 Å². The molecule has 1 N–H and O–H groups in total. The molecule has 0 aliphatic carbocycles. The van der Waals surface area contributed by atoms with Crippen LogP contribution in [0.1, 0.15) is 22.4 Å². The van der Waals surface area contributed by atoms with Crippen molar-refractivity contribution in [3.63, 3.8) is 0 Å². The van der Waals surface area contributed by atoms with Crippen LogP contribution in [0.2, 0.25) is 0 Å². The summed E-state index contributed by atoms with van der Waals surface area (Å²) in [7, 11) is 0. The first-order valence-corrected chi connectivity index (χ1v) is 8.00. The van der Waals surface area contributed by atoms with E-state index in [1.807, 2.05) is 0 Å². The van der Waals surface area contributed by atoms with Crippen molar-refractivity contribution < 1.29 is 35.5 Å². The zero-order valence-corrected chi connectivity index (χ0v) is 14.6. The molecular weight excluding hydrogens is 421 g/mol. The summed E-state index contributed by atoms with van der Waals surface area (Å²) < 4.78 is 96.7. The van der Waals surface area contributed by atoms with E-state index in [1.165, 1.54) is 6.07 Å². The molecule has 0 bridgehead atoms. The molecule has 0 saturated heterocycles. The lowest BCUT2D eigenvalue weighted by Gasteiger charge is -2.15. The number of benzene rings is 2. The third kappa shape index (κ3) is 4.68. The second-order valence-electron chi connectivity index (χ2n) is 6.03. The average molecular weight is 430 g/mol. The van der Waals surface area contributed by atoms with Crippen molar-refractivity contribution in [3.8, 4) is 23.1 Å². The molecule has 0 amide bonds. The first-order valence-electron chi connectivity index (χ1n) is 8.00. The molecule has 1 aromatic heterocycles. The molecule has 30 heavy (non-hydrogen) atoms. The predicted molar refractivity (Wildman–Crippen MR) is 87.3 cm³/mol. The maximum Gasteiger partial charge on any atom is 0.416 e. The molecule has 0 spiro atoms. The van der Waals surface area contributed by atoms with Gasteiger partial charge in [0.05, 0.1) is 11.1 Å². The first kappa shape index (κ1) is 21.1. The van der Waals surface area contributed by atoms with Gasteiger partial charge >= 0.3 is 12.4 Å². The topological polar surface area (TPSA) is 74.6 Å². The second kappa shape index (κ2) is 7.66. The monoisotopic (exact) mass is 430 g/mol. The van der Waals surface area contributed by atoms with E-state index >= 15 is 0 Å². The molecule has 156 valence electrons. The number of hydrogen-bond acceptors (Lipinski definition) is 4. The lowest BCUT2D eigenvalue weighted by molar-refractivity contribution is -0.143. The van der Waals surface area contributed by atoms with Crippen molar-refractivity contribution in [1.82, 2.24) is 15.4 Å². The van der Waals surface area contributed by atoms with Crippen LogP contribution in [0.4, 0.5) is 30.7 Å². The Hall–Kier alpha value is -3.62. The second-order valence-corrected chi connectivity index (χ2v) is 6.03. The van der Waals surface area contributed by atoms with Crippen LogP contribution in [0.5, 0.6) is 5.75 Å². The van der Waals surface area contributed by atoms with E-state index < -0.39 is 41.5 Å². The molecule has 0 unspecified atom stereocenters. The first-order chi connectivity index (χ1) is 14.0. The molecule has 3 rings (SSSR count). The standard InChI is InChI=1S/C18H9F7N4O/c19-13-3-10(16-15(7-26)27-29-28-16)4-14(6-13)30-8-9-1-11(17(20,21)22)5-12(2-9)18(23,24)25/h1-6H,8H2,(H,27,28,29). The summed E-state index contributed by atoms with van der Waals surface area (Å²) in [4.78, 5) is 0. The molecule has 0 aliphatic rings. The summed E-state index contributed by atoms with van der Waals surface area (Å²) in [6.45, 7) is -0.695. The van der Waals surface area contributed by atoms with Gasteiger partial charge in [-0.15, -0.1) is 5.10 Å². The maximum atomic E-state index is 13.9. The fraction of sp³-hybridized carbons (Fsp3) is 0.167. The van der Waals surface area contributed by atoms with Crippen molar-refractivity contribution >= 4 is 0 Å². The van der Waals surface area contributed by atoms with Gasteiger partial charge in [0.15, 0.2) is 5.69 Å². The van der Waals surface area contributed by atoms with Crippen molar-refractivity contribution in [2.75, 3.05) is 0 Å². The maximum absolute atomic E-state index is 13.9. The highest BCUT2D eigenvalue weighted by atomic mass is 19.4. The van der Waals surface area contributed by atoms with Crippen LogP contribution >= 0.6 is 0 Å². The highest BCUT2D eigenvalue weighted by Crippen LogP contribution is 2.36. The zero-order valence-electron chi connectivity index (χ0n) is 14.6. The van der Waals surface area contributed by atoms with Gasteiger partial charge in [-0.1, -0.05) is 5.21 Å². The molecule has 0 atom stereocenters. The minimum absolute atomic E-state index is 0.000256. The molecular formula is C18H9F7N4O. The van der Waals surface area contributed by atoms with Gasteiger partial charge < -0.3 is 4.74 Å². The van der Waals surface area contributed by atoms with Crippen LogP contribution < -0.4 is 4.74 Å². The highest BCUT2D eigenvalue weighted by Gasteiger charge is 2.36. The highest BCUT2D eigenvalue weighted by molar-refractivity contribution is 5.65. The van der Waals surface area contributed by atoms with Gasteiger partial charge in [-0.2, -0.15) is 31.6 Å². The molecule has 12 heteroatoms. The van der Waals surface area contributed by atoms with E-state index in [2.05, 4.69) is 15.4 Å². The molecule has 3 aromatic rings. The largest absolute Gasteiger partial charge is 0.489 e. The Kier molecular flexibility index (Phi) is 5.39. The van der Waals surface area contributed by atoms with E-state index in [0.29, 0.717) is 12.1 Å². The zero-order chi connectivity index (χ0) is 22.1. The smallest absolute Gasteiger partial charge is 0.416 e. The number of nitrogens with one attached hydrogen (secondary N) is 1. The van der Waals surface area contributed by atoms with Gasteiger partial charge in [0.25, 0.3) is 0 Å². The van der Waals surface area contributed by atoms with Crippen LogP contribution in [0.3, 0.4) is 0 Å². The molecule has 0 fully saturated rings. The third-order valence-electron chi connectivity index (χ3n) is 3.86. The molecule has 1 heterocycles. The van der Waals surface area contributed by atoms with Crippen LogP contribution in [-0.4, -0.2) is 15.4 Å². The van der Waals surface area contributed by atoms with Crippen LogP contribution in [0.25, 0.3) is 11.3 Å². The lowest BCUT2D eigenvalue weighted by atomic mass is 10.1. The number of nitriles is 1. The number of aromatic amines is 1. The number of ether oxygens (including phenoxy) is 1. The Morgan fingerprint density at radius 3 is 2.13 bits per heavy atom. The van der Waals surface area contributed by atoms with Gasteiger partial charge in [-0.25, -0.2) is 9.49 Å². The van der Waals surface area contributed by atoms with Crippen molar-refractivity contribution in [3.05, 3.63) is 64.6 Å². The number of aromatic nitrogens is 3. The molecule has 0 saturated carbocycles. The van der Waals surface area contributed by atoms with Crippen LogP contribution in [0.15, 0.2) is 36.4 Å². The van der Waals surface area contributed by atoms with Crippen LogP contribution in [0, 0.1) is 17.1 Å². The fourth-order valence-electron chi connectivity index (χ4n) is 2.56. The molecule has 2 aromatic carbocycles. The average Bonchev–Trinajstić information content (AvgIpc) is 3.13. The lowest BCUT2D eigenvalue weighted by Crippen LogP contribution is -2.12. The summed E-state index contributed by atoms with van der Waals surface area (Å²) >= 11 is 0. The predicted octanol–water partition coefficient (Wildman–Crippen LogP) is 5.10. The number of alkyl halides is 6. The Morgan fingerprint density at radius 1 is 0.933 bits per heavy atom. The Balaban J connectivity index is 1.91. The van der Waals surface area contributed by atoms with E-state index in [0.717, 1.165) is 12.1 Å². The number of rotatable bonds is 4. The van der Waals surface area contributed by atoms with E-state index in [4.69, 9.17) is 10.00 Å². The SMILES string of the molecule is N#Cc1[nH]nnc1-c1cc(F)cc(OCc2cc(C(F)(F)F)cc(C(F)(F)F)c2)c1. The number of hydrogen-bond donors (Lipinski definition) is 1. The summed E-state index contributed by atoms with van der Waals surface area (Å²) in [6, 6.07) is 5.90. The van der Waals surface area contributed by atoms with Gasteiger partial charge in [-0.05, 0) is 35.9 Å². The Labute approximate surface area is 163 Å². The van der Waals surface area contributed by atoms with E-state index in [-0.39, 0.29) is 28.8 Å². The normalized spacial score (nSPS) is 11.9. The summed E-state index contributed by atoms with van der Waals surface area (Å²) in [5, 5.41) is 18.3. The fourth-order valence-corrected chi connectivity index (χ4v) is 2.56. The minimum atomic E-state index is -5.00. The van der Waals surface area contributed by atoms with E-state index in [9.17, 15) is 30.7 Å². The quantitative estimate of drug-likeness (QED) is 0.585. The Bertz CT molecular complexity index is 1080. The molecule has 0 aliphatic heterocycles. The summed E-state index contributed by atoms with van der Waals surface area (Å²) in [5.41, 5.74) is -3.38. The van der Waals surface area contributed by atoms with Gasteiger partial charge in [0.2, 0.25) is 0 Å². The van der Waals surface area contributed by atoms with E-state index in [1.54, 1.807) is 6.07 Å². The summed E-state index contributed by atoms with van der Waals surface area (Å²) in [5.74, 6) is -1.02. The van der Waals surface area contributed by atoms with Crippen molar-refractivity contribution in [1.29, 1.82) is 5.26 Å². The molecule has 0 radical (unpaired) electrons. The Morgan fingerprint density at radius 2 is 1.57 bits per heavy atom. The van der Waals surface area contributed by atoms with Crippen molar-refractivity contribution in [2.24, 2.45) is 0 Å². The van der Waals surface area contributed by atoms with Crippen molar-refractivity contribution in [2.45, 2.75) is 19.0 Å². The van der Waals surface area contributed by atoms with Gasteiger partial charge in [0, 0.05) is 11.6 Å². The molecule has 5 nitrogen and oxygen atoms in total. The number of halogens is 7.